The maximum absolute atomic E-state index is 12.0. The number of rotatable bonds is 2. The van der Waals surface area contributed by atoms with Crippen LogP contribution in [0.2, 0.25) is 5.02 Å². The quantitative estimate of drug-likeness (QED) is 0.817. The number of benzene rings is 1. The van der Waals surface area contributed by atoms with E-state index in [0.29, 0.717) is 22.0 Å². The van der Waals surface area contributed by atoms with Crippen LogP contribution in [0.15, 0.2) is 36.5 Å². The molecule has 0 radical (unpaired) electrons. The minimum Gasteiger partial charge on any atom is -0.399 e. The van der Waals surface area contributed by atoms with Crippen molar-refractivity contribution in [1.82, 2.24) is 4.98 Å². The van der Waals surface area contributed by atoms with Crippen LogP contribution in [-0.2, 0) is 0 Å². The highest BCUT2D eigenvalue weighted by Crippen LogP contribution is 2.20. The van der Waals surface area contributed by atoms with Crippen LogP contribution in [0.3, 0.4) is 0 Å². The maximum atomic E-state index is 12.0. The fraction of sp³-hybridized carbons (Fsp3) is 0.0769. The second kappa shape index (κ2) is 5.06. The smallest absolute Gasteiger partial charge is 0.257 e. The van der Waals surface area contributed by atoms with Gasteiger partial charge in [-0.25, -0.2) is 0 Å². The van der Waals surface area contributed by atoms with Gasteiger partial charge >= 0.3 is 0 Å². The van der Waals surface area contributed by atoms with E-state index < -0.39 is 0 Å². The lowest BCUT2D eigenvalue weighted by atomic mass is 10.2. The Morgan fingerprint density at radius 3 is 2.72 bits per heavy atom. The van der Waals surface area contributed by atoms with E-state index in [4.69, 9.17) is 17.3 Å². The van der Waals surface area contributed by atoms with E-state index >= 15 is 0 Å². The molecule has 0 aliphatic carbocycles. The predicted molar refractivity (Wildman–Crippen MR) is 72.8 cm³/mol. The molecule has 2 rings (SSSR count). The molecule has 4 nitrogen and oxygen atoms in total. The molecule has 0 saturated carbocycles. The fourth-order valence-corrected chi connectivity index (χ4v) is 1.73. The second-order valence-corrected chi connectivity index (χ2v) is 4.29. The van der Waals surface area contributed by atoms with Gasteiger partial charge in [0.05, 0.1) is 22.5 Å². The number of amides is 1. The van der Waals surface area contributed by atoms with Crippen molar-refractivity contribution in [3.63, 3.8) is 0 Å². The number of nitrogens with one attached hydrogen (secondary N) is 1. The first-order valence-corrected chi connectivity index (χ1v) is 5.73. The van der Waals surface area contributed by atoms with Crippen molar-refractivity contribution in [1.29, 1.82) is 0 Å². The highest BCUT2D eigenvalue weighted by Gasteiger charge is 2.10. The van der Waals surface area contributed by atoms with Crippen LogP contribution in [0.5, 0.6) is 0 Å². The third kappa shape index (κ3) is 2.78. The average Bonchev–Trinajstić information content (AvgIpc) is 2.32. The van der Waals surface area contributed by atoms with Gasteiger partial charge in [0.15, 0.2) is 0 Å². The Morgan fingerprint density at radius 1 is 1.33 bits per heavy atom. The molecule has 1 aromatic heterocycles. The van der Waals surface area contributed by atoms with Crippen LogP contribution in [0.25, 0.3) is 0 Å². The number of aromatic nitrogens is 1. The molecule has 0 unspecified atom stereocenters. The zero-order valence-electron chi connectivity index (χ0n) is 9.77. The van der Waals surface area contributed by atoms with Gasteiger partial charge in [0, 0.05) is 11.4 Å². The predicted octanol–water partition coefficient (Wildman–Crippen LogP) is 2.88. The normalized spacial score (nSPS) is 10.1. The van der Waals surface area contributed by atoms with Crippen molar-refractivity contribution in [2.75, 3.05) is 11.1 Å². The van der Waals surface area contributed by atoms with Crippen molar-refractivity contribution in [2.45, 2.75) is 6.92 Å². The van der Waals surface area contributed by atoms with E-state index in [2.05, 4.69) is 10.3 Å². The van der Waals surface area contributed by atoms with E-state index in [1.807, 2.05) is 13.0 Å². The highest BCUT2D eigenvalue weighted by molar-refractivity contribution is 6.34. The number of hydrogen-bond acceptors (Lipinski definition) is 3. The van der Waals surface area contributed by atoms with Crippen LogP contribution >= 0.6 is 11.6 Å². The van der Waals surface area contributed by atoms with Gasteiger partial charge in [0.1, 0.15) is 0 Å². The van der Waals surface area contributed by atoms with Crippen molar-refractivity contribution >= 4 is 28.9 Å². The molecule has 0 aliphatic rings. The Balaban J connectivity index is 2.19. The number of carbonyl (C=O) groups is 1. The van der Waals surface area contributed by atoms with Crippen LogP contribution in [0.1, 0.15) is 16.1 Å². The Morgan fingerprint density at radius 2 is 2.11 bits per heavy atom. The first-order valence-electron chi connectivity index (χ1n) is 5.35. The maximum Gasteiger partial charge on any atom is 0.257 e. The monoisotopic (exact) mass is 261 g/mol. The molecule has 0 aliphatic heterocycles. The summed E-state index contributed by atoms with van der Waals surface area (Å²) in [6, 6.07) is 8.37. The Labute approximate surface area is 110 Å². The lowest BCUT2D eigenvalue weighted by Crippen LogP contribution is -2.12. The molecule has 0 saturated heterocycles. The molecule has 0 fully saturated rings. The summed E-state index contributed by atoms with van der Waals surface area (Å²) in [5, 5.41) is 3.05. The lowest BCUT2D eigenvalue weighted by Gasteiger charge is -2.07. The van der Waals surface area contributed by atoms with Crippen LogP contribution in [0, 0.1) is 6.92 Å². The van der Waals surface area contributed by atoms with Gasteiger partial charge in [-0.15, -0.1) is 0 Å². The zero-order chi connectivity index (χ0) is 13.1. The van der Waals surface area contributed by atoms with E-state index in [9.17, 15) is 4.79 Å². The largest absolute Gasteiger partial charge is 0.399 e. The summed E-state index contributed by atoms with van der Waals surface area (Å²) >= 11 is 5.96. The van der Waals surface area contributed by atoms with Gasteiger partial charge in [-0.05, 0) is 37.3 Å². The SMILES string of the molecule is Cc1ccc(NC(=O)c2ccc(N)cc2Cl)cn1. The summed E-state index contributed by atoms with van der Waals surface area (Å²) in [6.07, 6.45) is 1.60. The first kappa shape index (κ1) is 12.4. The molecule has 18 heavy (non-hydrogen) atoms. The standard InChI is InChI=1S/C13H12ClN3O/c1-8-2-4-10(7-16-8)17-13(18)11-5-3-9(15)6-12(11)14/h2-7H,15H2,1H3,(H,17,18). The van der Waals surface area contributed by atoms with Crippen LogP contribution < -0.4 is 11.1 Å². The van der Waals surface area contributed by atoms with Gasteiger partial charge in [0.2, 0.25) is 0 Å². The molecular weight excluding hydrogens is 250 g/mol. The minimum atomic E-state index is -0.286. The Hall–Kier alpha value is -2.07. The van der Waals surface area contributed by atoms with Crippen molar-refractivity contribution in [2.24, 2.45) is 0 Å². The molecule has 5 heteroatoms. The highest BCUT2D eigenvalue weighted by atomic mass is 35.5. The number of nitrogens with two attached hydrogens (primary N) is 1. The Bertz CT molecular complexity index is 581. The second-order valence-electron chi connectivity index (χ2n) is 3.88. The summed E-state index contributed by atoms with van der Waals surface area (Å²) in [4.78, 5) is 16.1. The average molecular weight is 262 g/mol. The van der Waals surface area contributed by atoms with Crippen molar-refractivity contribution < 1.29 is 4.79 Å². The molecule has 2 aromatic rings. The molecule has 0 bridgehead atoms. The number of carbonyl (C=O) groups excluding carboxylic acids is 1. The van der Waals surface area contributed by atoms with Crippen molar-refractivity contribution in [3.8, 4) is 0 Å². The van der Waals surface area contributed by atoms with Gasteiger partial charge < -0.3 is 11.1 Å². The van der Waals surface area contributed by atoms with E-state index in [1.54, 1.807) is 30.5 Å². The Kier molecular flexibility index (Phi) is 3.48. The molecule has 1 heterocycles. The number of nitrogen functional groups attached to an aromatic ring is 1. The van der Waals surface area contributed by atoms with Crippen LogP contribution in [0.4, 0.5) is 11.4 Å². The third-order valence-electron chi connectivity index (χ3n) is 2.41. The minimum absolute atomic E-state index is 0.286. The van der Waals surface area contributed by atoms with E-state index in [1.165, 1.54) is 0 Å². The van der Waals surface area contributed by atoms with Crippen molar-refractivity contribution in [3.05, 3.63) is 52.8 Å². The number of aryl methyl sites for hydroxylation is 1. The van der Waals surface area contributed by atoms with E-state index in [-0.39, 0.29) is 5.91 Å². The summed E-state index contributed by atoms with van der Waals surface area (Å²) in [5.74, 6) is -0.286. The number of anilines is 2. The summed E-state index contributed by atoms with van der Waals surface area (Å²) in [6.45, 7) is 1.88. The van der Waals surface area contributed by atoms with Gasteiger partial charge in [-0.2, -0.15) is 0 Å². The van der Waals surface area contributed by atoms with Gasteiger partial charge in [0.25, 0.3) is 5.91 Å². The first-order chi connectivity index (χ1) is 8.56. The summed E-state index contributed by atoms with van der Waals surface area (Å²) < 4.78 is 0. The number of hydrogen-bond donors (Lipinski definition) is 2. The molecule has 92 valence electrons. The molecule has 3 N–H and O–H groups in total. The molecule has 1 aromatic carbocycles. The number of pyridine rings is 1. The van der Waals surface area contributed by atoms with Gasteiger partial charge in [-0.1, -0.05) is 11.6 Å². The molecule has 0 spiro atoms. The third-order valence-corrected chi connectivity index (χ3v) is 2.72. The van der Waals surface area contributed by atoms with Crippen LogP contribution in [-0.4, -0.2) is 10.9 Å². The number of halogens is 1. The lowest BCUT2D eigenvalue weighted by molar-refractivity contribution is 0.102. The summed E-state index contributed by atoms with van der Waals surface area (Å²) in [7, 11) is 0. The summed E-state index contributed by atoms with van der Waals surface area (Å²) in [5.41, 5.74) is 7.98. The topological polar surface area (TPSA) is 68.0 Å². The van der Waals surface area contributed by atoms with Gasteiger partial charge in [-0.3, -0.25) is 9.78 Å². The van der Waals surface area contributed by atoms with E-state index in [0.717, 1.165) is 5.69 Å². The fourth-order valence-electron chi connectivity index (χ4n) is 1.46. The molecular formula is C13H12ClN3O. The number of nitrogens with zero attached hydrogens (tertiary/aromatic N) is 1. The zero-order valence-corrected chi connectivity index (χ0v) is 10.5. The molecule has 0 atom stereocenters. The molecule has 1 amide bonds.